The van der Waals surface area contributed by atoms with Gasteiger partial charge in [0.25, 0.3) is 0 Å². The molecule has 0 bridgehead atoms. The number of hydrogen-bond donors (Lipinski definition) is 5. The zero-order valence-corrected chi connectivity index (χ0v) is 24.4. The molecule has 0 aliphatic carbocycles. The highest BCUT2D eigenvalue weighted by atomic mass is 16.6. The highest BCUT2D eigenvalue weighted by Crippen LogP contribution is 2.17. The van der Waals surface area contributed by atoms with Crippen molar-refractivity contribution in [2.45, 2.75) is 70.1 Å². The number of aromatic nitrogens is 1. The van der Waals surface area contributed by atoms with E-state index in [1.807, 2.05) is 60.7 Å². The lowest BCUT2D eigenvalue weighted by Gasteiger charge is -2.34. The van der Waals surface area contributed by atoms with Crippen LogP contribution in [0.3, 0.4) is 0 Å². The fraction of sp³-hybridized carbons (Fsp3) is 0.406. The van der Waals surface area contributed by atoms with Gasteiger partial charge in [-0.05, 0) is 56.4 Å². The van der Waals surface area contributed by atoms with Crippen LogP contribution in [0, 0.1) is 0 Å². The van der Waals surface area contributed by atoms with Gasteiger partial charge in [0.05, 0.1) is 30.8 Å². The second kappa shape index (κ2) is 15.9. The van der Waals surface area contributed by atoms with E-state index in [1.54, 1.807) is 45.3 Å². The van der Waals surface area contributed by atoms with Gasteiger partial charge in [0.1, 0.15) is 5.60 Å². The summed E-state index contributed by atoms with van der Waals surface area (Å²) in [5, 5.41) is 38.3. The molecule has 0 saturated carbocycles. The van der Waals surface area contributed by atoms with E-state index in [4.69, 9.17) is 4.74 Å². The summed E-state index contributed by atoms with van der Waals surface area (Å²) in [5.41, 5.74) is 1.80. The molecule has 5 N–H and O–H groups in total. The molecule has 0 radical (unpaired) electrons. The van der Waals surface area contributed by atoms with Gasteiger partial charge in [0.15, 0.2) is 0 Å². The molecule has 2 aromatic carbocycles. The zero-order chi connectivity index (χ0) is 30.5. The van der Waals surface area contributed by atoms with Crippen LogP contribution < -0.4 is 10.6 Å². The van der Waals surface area contributed by atoms with Crippen LogP contribution in [0.15, 0.2) is 85.2 Å². The number of carbonyl (C=O) groups excluding carboxylic acids is 1. The normalized spacial score (nSPS) is 14.3. The van der Waals surface area contributed by atoms with Crippen LogP contribution in [0.5, 0.6) is 0 Å². The number of aliphatic hydroxyl groups excluding tert-OH is 2. The van der Waals surface area contributed by atoms with Gasteiger partial charge in [-0.15, -0.1) is 0 Å². The van der Waals surface area contributed by atoms with Crippen LogP contribution in [0.4, 0.5) is 9.59 Å². The highest BCUT2D eigenvalue weighted by Gasteiger charge is 2.31. The van der Waals surface area contributed by atoms with Crippen molar-refractivity contribution in [3.63, 3.8) is 0 Å². The van der Waals surface area contributed by atoms with E-state index in [-0.39, 0.29) is 26.1 Å². The third-order valence-corrected chi connectivity index (χ3v) is 6.63. The number of aliphatic hydroxyl groups is 2. The number of hydrogen-bond acceptors (Lipinski definition) is 7. The van der Waals surface area contributed by atoms with Crippen LogP contribution in [-0.2, 0) is 24.1 Å². The molecule has 42 heavy (non-hydrogen) atoms. The predicted octanol–water partition coefficient (Wildman–Crippen LogP) is 3.62. The third-order valence-electron chi connectivity index (χ3n) is 6.63. The van der Waals surface area contributed by atoms with E-state index >= 15 is 0 Å². The van der Waals surface area contributed by atoms with Gasteiger partial charge < -0.3 is 30.7 Å². The quantitative estimate of drug-likeness (QED) is 0.195. The Hall–Kier alpha value is -3.99. The van der Waals surface area contributed by atoms with Gasteiger partial charge >= 0.3 is 12.2 Å². The predicted molar refractivity (Wildman–Crippen MR) is 160 cm³/mol. The Kier molecular flexibility index (Phi) is 12.3. The number of carboxylic acid groups (broad SMARTS) is 1. The van der Waals surface area contributed by atoms with Crippen molar-refractivity contribution >= 4 is 12.2 Å². The Balaban J connectivity index is 1.70. The van der Waals surface area contributed by atoms with E-state index in [2.05, 4.69) is 15.6 Å². The molecule has 0 aliphatic rings. The van der Waals surface area contributed by atoms with Crippen LogP contribution in [-0.4, -0.2) is 80.4 Å². The first-order valence-corrected chi connectivity index (χ1v) is 14.0. The van der Waals surface area contributed by atoms with E-state index in [0.29, 0.717) is 12.0 Å². The standard InChI is InChI=1S/C32H42N4O6/c1-32(2,3)42-30(39)35-26(17-23-11-6-4-7-12-23)28(37)20-34-21-29(38)27(18-24-13-8-5-9-14-24)36(31(40)41)22-25-15-10-16-33-19-25/h4-16,19,26-29,34,37-38H,17-18,20-22H2,1-3H3,(H,35,39)(H,40,41)/t26-,27-,28+,29+/m0/s1. The van der Waals surface area contributed by atoms with Gasteiger partial charge in [-0.1, -0.05) is 66.7 Å². The number of carbonyl (C=O) groups is 2. The molecule has 10 nitrogen and oxygen atoms in total. The Bertz CT molecular complexity index is 1220. The summed E-state index contributed by atoms with van der Waals surface area (Å²) in [7, 11) is 0. The van der Waals surface area contributed by atoms with Crippen molar-refractivity contribution in [3.05, 3.63) is 102 Å². The molecule has 1 heterocycles. The van der Waals surface area contributed by atoms with E-state index < -0.39 is 42.1 Å². The first kappa shape index (κ1) is 32.5. The summed E-state index contributed by atoms with van der Waals surface area (Å²) >= 11 is 0. The van der Waals surface area contributed by atoms with E-state index in [1.165, 1.54) is 4.90 Å². The third kappa shape index (κ3) is 11.1. The summed E-state index contributed by atoms with van der Waals surface area (Å²) in [6.45, 7) is 5.39. The lowest BCUT2D eigenvalue weighted by atomic mass is 9.98. The Morgan fingerprint density at radius 3 is 1.98 bits per heavy atom. The minimum Gasteiger partial charge on any atom is -0.465 e. The van der Waals surface area contributed by atoms with Crippen molar-refractivity contribution in [1.29, 1.82) is 0 Å². The number of nitrogens with zero attached hydrogens (tertiary/aromatic N) is 2. The number of ether oxygens (including phenoxy) is 1. The number of nitrogens with one attached hydrogen (secondary N) is 2. The fourth-order valence-electron chi connectivity index (χ4n) is 4.59. The van der Waals surface area contributed by atoms with Gasteiger partial charge in [0.2, 0.25) is 0 Å². The molecule has 0 saturated heterocycles. The molecule has 1 aromatic heterocycles. The van der Waals surface area contributed by atoms with Gasteiger partial charge in [-0.2, -0.15) is 0 Å². The molecule has 3 rings (SSSR count). The lowest BCUT2D eigenvalue weighted by molar-refractivity contribution is 0.0365. The largest absolute Gasteiger partial charge is 0.465 e. The smallest absolute Gasteiger partial charge is 0.407 e. The molecule has 4 atom stereocenters. The summed E-state index contributed by atoms with van der Waals surface area (Å²) < 4.78 is 5.40. The second-order valence-corrected chi connectivity index (χ2v) is 11.3. The first-order chi connectivity index (χ1) is 20.0. The second-order valence-electron chi connectivity index (χ2n) is 11.3. The average molecular weight is 579 g/mol. The number of rotatable bonds is 14. The Labute approximate surface area is 247 Å². The van der Waals surface area contributed by atoms with Crippen molar-refractivity contribution in [2.24, 2.45) is 0 Å². The maximum atomic E-state index is 12.5. The molecule has 0 spiro atoms. The Morgan fingerprint density at radius 1 is 0.857 bits per heavy atom. The van der Waals surface area contributed by atoms with Crippen LogP contribution >= 0.6 is 0 Å². The summed E-state index contributed by atoms with van der Waals surface area (Å²) in [5.74, 6) is 0. The molecule has 0 unspecified atom stereocenters. The lowest BCUT2D eigenvalue weighted by Crippen LogP contribution is -2.53. The summed E-state index contributed by atoms with van der Waals surface area (Å²) in [6, 6.07) is 20.9. The van der Waals surface area contributed by atoms with Crippen LogP contribution in [0.1, 0.15) is 37.5 Å². The van der Waals surface area contributed by atoms with Crippen molar-refractivity contribution in [3.8, 4) is 0 Å². The SMILES string of the molecule is CC(C)(C)OC(=O)N[C@@H](Cc1ccccc1)[C@H](O)CNC[C@@H](O)[C@H](Cc1ccccc1)N(Cc1cccnc1)C(=O)O. The molecular weight excluding hydrogens is 536 g/mol. The summed E-state index contributed by atoms with van der Waals surface area (Å²) in [6.07, 6.45) is -0.0686. The number of benzene rings is 2. The van der Waals surface area contributed by atoms with Crippen LogP contribution in [0.25, 0.3) is 0 Å². The molecule has 10 heteroatoms. The fourth-order valence-corrected chi connectivity index (χ4v) is 4.59. The van der Waals surface area contributed by atoms with Crippen molar-refractivity contribution in [1.82, 2.24) is 20.5 Å². The topological polar surface area (TPSA) is 144 Å². The maximum absolute atomic E-state index is 12.5. The number of pyridine rings is 1. The first-order valence-electron chi connectivity index (χ1n) is 14.0. The van der Waals surface area contributed by atoms with Gasteiger partial charge in [0, 0.05) is 25.5 Å². The zero-order valence-electron chi connectivity index (χ0n) is 24.4. The molecule has 0 aliphatic heterocycles. The molecule has 2 amide bonds. The van der Waals surface area contributed by atoms with E-state index in [0.717, 1.165) is 11.1 Å². The molecular formula is C32H42N4O6. The van der Waals surface area contributed by atoms with Crippen molar-refractivity contribution < 1.29 is 29.6 Å². The molecule has 226 valence electrons. The van der Waals surface area contributed by atoms with Crippen molar-refractivity contribution in [2.75, 3.05) is 13.1 Å². The minimum absolute atomic E-state index is 0.00980. The number of alkyl carbamates (subject to hydrolysis) is 1. The van der Waals surface area contributed by atoms with Crippen LogP contribution in [0.2, 0.25) is 0 Å². The van der Waals surface area contributed by atoms with Gasteiger partial charge in [-0.25, -0.2) is 9.59 Å². The maximum Gasteiger partial charge on any atom is 0.407 e. The van der Waals surface area contributed by atoms with Gasteiger partial charge in [-0.3, -0.25) is 9.88 Å². The van der Waals surface area contributed by atoms with E-state index in [9.17, 15) is 24.9 Å². The highest BCUT2D eigenvalue weighted by molar-refractivity contribution is 5.68. The average Bonchev–Trinajstić information content (AvgIpc) is 2.95. The Morgan fingerprint density at radius 2 is 1.43 bits per heavy atom. The number of amides is 2. The minimum atomic E-state index is -1.16. The molecule has 0 fully saturated rings. The summed E-state index contributed by atoms with van der Waals surface area (Å²) in [4.78, 5) is 30.2. The molecule has 3 aromatic rings. The monoisotopic (exact) mass is 578 g/mol.